The van der Waals surface area contributed by atoms with Crippen LogP contribution in [0.25, 0.3) is 11.8 Å². The molecule has 6 nitrogen and oxygen atoms in total. The SMILES string of the molecule is Cc1c(C=C2SC(=N)NC2=O)[nH]n(-c2ccccc2)c1=O. The molecule has 1 aliphatic heterocycles. The molecule has 1 aromatic carbocycles. The summed E-state index contributed by atoms with van der Waals surface area (Å²) in [4.78, 5) is 24.3. The van der Waals surface area contributed by atoms with E-state index in [-0.39, 0.29) is 16.6 Å². The Morgan fingerprint density at radius 3 is 2.57 bits per heavy atom. The van der Waals surface area contributed by atoms with Crippen molar-refractivity contribution in [3.8, 4) is 5.69 Å². The normalized spacial score (nSPS) is 16.5. The lowest BCUT2D eigenvalue weighted by molar-refractivity contribution is -0.115. The molecule has 0 spiro atoms. The summed E-state index contributed by atoms with van der Waals surface area (Å²) in [5, 5.41) is 12.9. The van der Waals surface area contributed by atoms with E-state index in [4.69, 9.17) is 5.41 Å². The maximum Gasteiger partial charge on any atom is 0.274 e. The number of carbonyl (C=O) groups excluding carboxylic acids is 1. The van der Waals surface area contributed by atoms with E-state index in [9.17, 15) is 9.59 Å². The van der Waals surface area contributed by atoms with Gasteiger partial charge in [-0.2, -0.15) is 0 Å². The van der Waals surface area contributed by atoms with Gasteiger partial charge >= 0.3 is 0 Å². The van der Waals surface area contributed by atoms with Crippen molar-refractivity contribution in [2.75, 3.05) is 0 Å². The number of carbonyl (C=O) groups is 1. The number of amides is 1. The average Bonchev–Trinajstić information content (AvgIpc) is 2.94. The zero-order valence-electron chi connectivity index (χ0n) is 11.1. The Kier molecular flexibility index (Phi) is 3.26. The van der Waals surface area contributed by atoms with Gasteiger partial charge in [0.25, 0.3) is 11.5 Å². The van der Waals surface area contributed by atoms with Crippen LogP contribution in [0, 0.1) is 12.3 Å². The molecule has 0 saturated carbocycles. The van der Waals surface area contributed by atoms with E-state index in [2.05, 4.69) is 10.4 Å². The van der Waals surface area contributed by atoms with E-state index >= 15 is 0 Å². The lowest BCUT2D eigenvalue weighted by atomic mass is 10.2. The van der Waals surface area contributed by atoms with Crippen molar-refractivity contribution in [3.63, 3.8) is 0 Å². The second-order valence-corrected chi connectivity index (χ2v) is 5.57. The topological polar surface area (TPSA) is 90.7 Å². The van der Waals surface area contributed by atoms with Crippen molar-refractivity contribution in [3.05, 3.63) is 56.8 Å². The molecule has 0 aliphatic carbocycles. The third kappa shape index (κ3) is 2.43. The van der Waals surface area contributed by atoms with Gasteiger partial charge in [0.05, 0.1) is 16.3 Å². The van der Waals surface area contributed by atoms with Gasteiger partial charge in [0.15, 0.2) is 5.17 Å². The molecule has 1 aliphatic rings. The summed E-state index contributed by atoms with van der Waals surface area (Å²) in [5.41, 5.74) is 1.66. The Hall–Kier alpha value is -2.54. The van der Waals surface area contributed by atoms with Crippen LogP contribution in [0.1, 0.15) is 11.3 Å². The lowest BCUT2D eigenvalue weighted by Crippen LogP contribution is -2.18. The molecule has 0 atom stereocenters. The Balaban J connectivity index is 2.06. The van der Waals surface area contributed by atoms with Crippen LogP contribution in [0.3, 0.4) is 0 Å². The second-order valence-electron chi connectivity index (χ2n) is 4.52. The molecule has 1 aromatic heterocycles. The van der Waals surface area contributed by atoms with Gasteiger partial charge in [-0.15, -0.1) is 0 Å². The first-order valence-corrected chi connectivity index (χ1v) is 7.04. The van der Waals surface area contributed by atoms with E-state index in [1.54, 1.807) is 13.0 Å². The van der Waals surface area contributed by atoms with Crippen LogP contribution in [-0.4, -0.2) is 20.9 Å². The maximum atomic E-state index is 12.3. The van der Waals surface area contributed by atoms with Gasteiger partial charge in [-0.1, -0.05) is 18.2 Å². The van der Waals surface area contributed by atoms with Crippen LogP contribution in [0.5, 0.6) is 0 Å². The number of para-hydroxylation sites is 1. The van der Waals surface area contributed by atoms with E-state index in [1.807, 2.05) is 30.3 Å². The van der Waals surface area contributed by atoms with Gasteiger partial charge in [-0.05, 0) is 36.9 Å². The Labute approximate surface area is 124 Å². The highest BCUT2D eigenvalue weighted by atomic mass is 32.2. The molecule has 2 aromatic rings. The van der Waals surface area contributed by atoms with Gasteiger partial charge in [0, 0.05) is 5.56 Å². The third-order valence-corrected chi connectivity index (χ3v) is 3.94. The molecule has 2 heterocycles. The quantitative estimate of drug-likeness (QED) is 0.736. The molecule has 1 saturated heterocycles. The molecule has 1 fully saturated rings. The largest absolute Gasteiger partial charge is 0.301 e. The maximum absolute atomic E-state index is 12.3. The Bertz CT molecular complexity index is 817. The number of thioether (sulfide) groups is 1. The van der Waals surface area contributed by atoms with Crippen molar-refractivity contribution in [1.82, 2.24) is 15.1 Å². The van der Waals surface area contributed by atoms with Crippen molar-refractivity contribution >= 4 is 28.9 Å². The second kappa shape index (κ2) is 5.10. The number of aromatic amines is 1. The van der Waals surface area contributed by atoms with E-state index in [1.165, 1.54) is 4.68 Å². The summed E-state index contributed by atoms with van der Waals surface area (Å²) < 4.78 is 1.44. The minimum absolute atomic E-state index is 0.0914. The number of benzene rings is 1. The summed E-state index contributed by atoms with van der Waals surface area (Å²) in [6.07, 6.45) is 1.59. The molecular formula is C14H12N4O2S. The van der Waals surface area contributed by atoms with Gasteiger partial charge in [0.1, 0.15) is 0 Å². The monoisotopic (exact) mass is 300 g/mol. The fraction of sp³-hybridized carbons (Fsp3) is 0.0714. The van der Waals surface area contributed by atoms with Gasteiger partial charge in [0.2, 0.25) is 0 Å². The molecule has 0 unspecified atom stereocenters. The van der Waals surface area contributed by atoms with Crippen molar-refractivity contribution in [2.45, 2.75) is 6.92 Å². The standard InChI is InChI=1S/C14H12N4O2S/c1-8-10(7-11-12(19)16-14(15)21-11)17-18(13(8)20)9-5-3-2-4-6-9/h2-7,17H,1H3,(H2,15,16,19). The van der Waals surface area contributed by atoms with Crippen LogP contribution in [0.15, 0.2) is 40.0 Å². The van der Waals surface area contributed by atoms with Crippen LogP contribution in [0.4, 0.5) is 0 Å². The molecular weight excluding hydrogens is 288 g/mol. The minimum atomic E-state index is -0.322. The number of rotatable bonds is 2. The minimum Gasteiger partial charge on any atom is -0.301 e. The number of hydrogen-bond donors (Lipinski definition) is 3. The smallest absolute Gasteiger partial charge is 0.274 e. The number of nitrogens with one attached hydrogen (secondary N) is 3. The molecule has 0 radical (unpaired) electrons. The molecule has 3 rings (SSSR count). The van der Waals surface area contributed by atoms with Crippen molar-refractivity contribution in [2.24, 2.45) is 0 Å². The number of amidine groups is 1. The van der Waals surface area contributed by atoms with Gasteiger partial charge < -0.3 is 5.32 Å². The molecule has 3 N–H and O–H groups in total. The number of aromatic nitrogens is 2. The van der Waals surface area contributed by atoms with Crippen LogP contribution in [-0.2, 0) is 4.79 Å². The summed E-state index contributed by atoms with van der Waals surface area (Å²) >= 11 is 1.04. The highest BCUT2D eigenvalue weighted by molar-refractivity contribution is 8.18. The Morgan fingerprint density at radius 1 is 1.24 bits per heavy atom. The zero-order chi connectivity index (χ0) is 15.0. The number of H-pyrrole nitrogens is 1. The molecule has 21 heavy (non-hydrogen) atoms. The zero-order valence-corrected chi connectivity index (χ0v) is 12.0. The highest BCUT2D eigenvalue weighted by Gasteiger charge is 2.23. The molecule has 7 heteroatoms. The predicted molar refractivity (Wildman–Crippen MR) is 82.6 cm³/mol. The average molecular weight is 300 g/mol. The summed E-state index contributed by atoms with van der Waals surface area (Å²) in [7, 11) is 0. The Morgan fingerprint density at radius 2 is 1.95 bits per heavy atom. The van der Waals surface area contributed by atoms with Crippen LogP contribution < -0.4 is 10.9 Å². The van der Waals surface area contributed by atoms with Gasteiger partial charge in [-0.25, -0.2) is 4.68 Å². The van der Waals surface area contributed by atoms with Gasteiger partial charge in [-0.3, -0.25) is 20.1 Å². The van der Waals surface area contributed by atoms with Crippen LogP contribution in [0.2, 0.25) is 0 Å². The highest BCUT2D eigenvalue weighted by Crippen LogP contribution is 2.25. The molecule has 1 amide bonds. The summed E-state index contributed by atoms with van der Waals surface area (Å²) in [5.74, 6) is -0.322. The summed E-state index contributed by atoms with van der Waals surface area (Å²) in [6.45, 7) is 1.70. The fourth-order valence-electron chi connectivity index (χ4n) is 2.01. The summed E-state index contributed by atoms with van der Waals surface area (Å²) in [6, 6.07) is 9.20. The lowest BCUT2D eigenvalue weighted by Gasteiger charge is -2.00. The van der Waals surface area contributed by atoms with Crippen LogP contribution >= 0.6 is 11.8 Å². The van der Waals surface area contributed by atoms with E-state index in [0.29, 0.717) is 16.2 Å². The first-order chi connectivity index (χ1) is 10.1. The first kappa shape index (κ1) is 13.4. The molecule has 0 bridgehead atoms. The predicted octanol–water partition coefficient (Wildman–Crippen LogP) is 1.61. The number of nitrogens with zero attached hydrogens (tertiary/aromatic N) is 1. The van der Waals surface area contributed by atoms with Crippen molar-refractivity contribution < 1.29 is 4.79 Å². The van der Waals surface area contributed by atoms with E-state index < -0.39 is 0 Å². The fourth-order valence-corrected chi connectivity index (χ4v) is 2.69. The van der Waals surface area contributed by atoms with Crippen molar-refractivity contribution in [1.29, 1.82) is 5.41 Å². The third-order valence-electron chi connectivity index (χ3n) is 3.11. The van der Waals surface area contributed by atoms with E-state index in [0.717, 1.165) is 17.4 Å². The molecule has 106 valence electrons. The first-order valence-electron chi connectivity index (χ1n) is 6.23. The number of hydrogen-bond acceptors (Lipinski definition) is 4.